The van der Waals surface area contributed by atoms with Gasteiger partial charge in [0.1, 0.15) is 0 Å². The molecule has 0 aromatic heterocycles. The largest absolute Gasteiger partial charge is 0.481 e. The lowest BCUT2D eigenvalue weighted by Gasteiger charge is -2.36. The highest BCUT2D eigenvalue weighted by atomic mass is 16.4. The lowest BCUT2D eigenvalue weighted by atomic mass is 9.84. The van der Waals surface area contributed by atoms with Gasteiger partial charge < -0.3 is 10.0 Å². The van der Waals surface area contributed by atoms with Gasteiger partial charge in [-0.25, -0.2) is 0 Å². The second-order valence-electron chi connectivity index (χ2n) is 5.53. The SMILES string of the molecule is CC1(C(=O)O)CCCC1N1CCCCCC1=O. The molecular formula is C13H21NO3. The molecule has 4 heteroatoms. The van der Waals surface area contributed by atoms with Crippen LogP contribution in [0.2, 0.25) is 0 Å². The van der Waals surface area contributed by atoms with Gasteiger partial charge in [0.2, 0.25) is 5.91 Å². The zero-order valence-electron chi connectivity index (χ0n) is 10.4. The fourth-order valence-electron chi connectivity index (χ4n) is 3.23. The maximum Gasteiger partial charge on any atom is 0.311 e. The van der Waals surface area contributed by atoms with Crippen molar-refractivity contribution in [3.05, 3.63) is 0 Å². The summed E-state index contributed by atoms with van der Waals surface area (Å²) in [6.07, 6.45) is 6.08. The van der Waals surface area contributed by atoms with Gasteiger partial charge in [0.25, 0.3) is 0 Å². The molecule has 17 heavy (non-hydrogen) atoms. The van der Waals surface area contributed by atoms with E-state index in [4.69, 9.17) is 0 Å². The molecule has 0 aromatic carbocycles. The molecule has 0 aromatic rings. The molecule has 2 rings (SSSR count). The minimum absolute atomic E-state index is 0.0920. The highest BCUT2D eigenvalue weighted by Gasteiger charge is 2.49. The summed E-state index contributed by atoms with van der Waals surface area (Å²) in [7, 11) is 0. The van der Waals surface area contributed by atoms with E-state index in [1.807, 2.05) is 4.90 Å². The molecule has 0 radical (unpaired) electrons. The quantitative estimate of drug-likeness (QED) is 0.802. The molecule has 1 amide bonds. The number of carboxylic acids is 1. The minimum atomic E-state index is -0.753. The first kappa shape index (κ1) is 12.4. The Morgan fingerprint density at radius 1 is 1.35 bits per heavy atom. The third-order valence-electron chi connectivity index (χ3n) is 4.38. The zero-order valence-corrected chi connectivity index (χ0v) is 10.4. The Hall–Kier alpha value is -1.06. The number of likely N-dealkylation sites (tertiary alicyclic amines) is 1. The molecule has 1 N–H and O–H groups in total. The topological polar surface area (TPSA) is 57.6 Å². The van der Waals surface area contributed by atoms with Crippen LogP contribution >= 0.6 is 0 Å². The summed E-state index contributed by atoms with van der Waals surface area (Å²) in [5.41, 5.74) is -0.736. The van der Waals surface area contributed by atoms with Gasteiger partial charge in [-0.3, -0.25) is 9.59 Å². The van der Waals surface area contributed by atoms with Crippen LogP contribution in [0.5, 0.6) is 0 Å². The van der Waals surface area contributed by atoms with Crippen LogP contribution < -0.4 is 0 Å². The van der Waals surface area contributed by atoms with Crippen molar-refractivity contribution in [3.8, 4) is 0 Å². The van der Waals surface area contributed by atoms with Crippen molar-refractivity contribution in [2.45, 2.75) is 57.9 Å². The van der Waals surface area contributed by atoms with E-state index < -0.39 is 11.4 Å². The van der Waals surface area contributed by atoms with E-state index in [9.17, 15) is 14.7 Å². The summed E-state index contributed by atoms with van der Waals surface area (Å²) >= 11 is 0. The normalized spacial score (nSPS) is 34.8. The Balaban J connectivity index is 2.19. The third-order valence-corrected chi connectivity index (χ3v) is 4.38. The van der Waals surface area contributed by atoms with Crippen molar-refractivity contribution in [1.82, 2.24) is 4.90 Å². The first-order chi connectivity index (χ1) is 8.05. The number of rotatable bonds is 2. The van der Waals surface area contributed by atoms with Gasteiger partial charge in [-0.05, 0) is 32.6 Å². The predicted octanol–water partition coefficient (Wildman–Crippen LogP) is 2.03. The average molecular weight is 239 g/mol. The highest BCUT2D eigenvalue weighted by molar-refractivity contribution is 5.80. The summed E-state index contributed by atoms with van der Waals surface area (Å²) in [4.78, 5) is 25.3. The minimum Gasteiger partial charge on any atom is -0.481 e. The standard InChI is InChI=1S/C13H21NO3/c1-13(12(16)17)8-5-6-10(13)14-9-4-2-3-7-11(14)15/h10H,2-9H2,1H3,(H,16,17). The highest BCUT2D eigenvalue weighted by Crippen LogP contribution is 2.42. The number of hydrogen-bond acceptors (Lipinski definition) is 2. The van der Waals surface area contributed by atoms with E-state index in [0.717, 1.165) is 38.6 Å². The molecule has 2 atom stereocenters. The summed E-state index contributed by atoms with van der Waals surface area (Å²) in [5, 5.41) is 9.39. The fourth-order valence-corrected chi connectivity index (χ4v) is 3.23. The van der Waals surface area contributed by atoms with Crippen LogP contribution in [-0.4, -0.2) is 34.5 Å². The molecule has 1 aliphatic heterocycles. The molecule has 0 spiro atoms. The molecule has 2 aliphatic rings. The maximum atomic E-state index is 12.0. The van der Waals surface area contributed by atoms with Crippen molar-refractivity contribution >= 4 is 11.9 Å². The maximum absolute atomic E-state index is 12.0. The van der Waals surface area contributed by atoms with Gasteiger partial charge in [-0.15, -0.1) is 0 Å². The second-order valence-corrected chi connectivity index (χ2v) is 5.53. The Morgan fingerprint density at radius 3 is 2.82 bits per heavy atom. The van der Waals surface area contributed by atoms with Crippen molar-refractivity contribution in [1.29, 1.82) is 0 Å². The second kappa shape index (κ2) is 4.67. The smallest absolute Gasteiger partial charge is 0.311 e. The molecule has 1 saturated carbocycles. The van der Waals surface area contributed by atoms with Crippen molar-refractivity contribution in [2.75, 3.05) is 6.54 Å². The molecule has 96 valence electrons. The summed E-state index contributed by atoms with van der Waals surface area (Å²) < 4.78 is 0. The summed E-state index contributed by atoms with van der Waals surface area (Å²) in [5.74, 6) is -0.598. The van der Waals surface area contributed by atoms with Crippen LogP contribution in [0.25, 0.3) is 0 Å². The van der Waals surface area contributed by atoms with Crippen LogP contribution in [-0.2, 0) is 9.59 Å². The van der Waals surface area contributed by atoms with Crippen LogP contribution in [0.15, 0.2) is 0 Å². The Labute approximate surface area is 102 Å². The van der Waals surface area contributed by atoms with E-state index in [0.29, 0.717) is 12.8 Å². The number of hydrogen-bond donors (Lipinski definition) is 1. The molecule has 0 bridgehead atoms. The van der Waals surface area contributed by atoms with E-state index in [-0.39, 0.29) is 11.9 Å². The monoisotopic (exact) mass is 239 g/mol. The molecule has 2 fully saturated rings. The molecule has 1 saturated heterocycles. The predicted molar refractivity (Wildman–Crippen MR) is 63.6 cm³/mol. The Bertz CT molecular complexity index is 329. The first-order valence-corrected chi connectivity index (χ1v) is 6.58. The van der Waals surface area contributed by atoms with Gasteiger partial charge in [0.15, 0.2) is 0 Å². The van der Waals surface area contributed by atoms with Gasteiger partial charge >= 0.3 is 5.97 Å². The van der Waals surface area contributed by atoms with E-state index in [1.165, 1.54) is 0 Å². The van der Waals surface area contributed by atoms with Gasteiger partial charge in [0.05, 0.1) is 5.41 Å². The first-order valence-electron chi connectivity index (χ1n) is 6.58. The summed E-state index contributed by atoms with van der Waals surface area (Å²) in [6, 6.07) is -0.0920. The average Bonchev–Trinajstić information content (AvgIpc) is 2.54. The van der Waals surface area contributed by atoms with E-state index in [1.54, 1.807) is 6.92 Å². The van der Waals surface area contributed by atoms with Gasteiger partial charge in [-0.1, -0.05) is 12.8 Å². The van der Waals surface area contributed by atoms with Gasteiger partial charge in [-0.2, -0.15) is 0 Å². The van der Waals surface area contributed by atoms with Gasteiger partial charge in [0, 0.05) is 19.0 Å². The number of carboxylic acid groups (broad SMARTS) is 1. The van der Waals surface area contributed by atoms with Crippen LogP contribution in [0, 0.1) is 5.41 Å². The molecule has 1 aliphatic carbocycles. The Morgan fingerprint density at radius 2 is 2.12 bits per heavy atom. The summed E-state index contributed by atoms with van der Waals surface area (Å²) in [6.45, 7) is 2.54. The van der Waals surface area contributed by atoms with Crippen molar-refractivity contribution < 1.29 is 14.7 Å². The van der Waals surface area contributed by atoms with Crippen LogP contribution in [0.1, 0.15) is 51.9 Å². The van der Waals surface area contributed by atoms with E-state index >= 15 is 0 Å². The number of carbonyl (C=O) groups is 2. The number of carbonyl (C=O) groups excluding carboxylic acids is 1. The fraction of sp³-hybridized carbons (Fsp3) is 0.846. The third kappa shape index (κ3) is 2.17. The lowest BCUT2D eigenvalue weighted by molar-refractivity contribution is -0.153. The van der Waals surface area contributed by atoms with Crippen LogP contribution in [0.4, 0.5) is 0 Å². The molecule has 4 nitrogen and oxygen atoms in total. The zero-order chi connectivity index (χ0) is 12.5. The van der Waals surface area contributed by atoms with Crippen molar-refractivity contribution in [3.63, 3.8) is 0 Å². The number of aliphatic carboxylic acids is 1. The number of amides is 1. The Kier molecular flexibility index (Phi) is 3.40. The number of nitrogens with zero attached hydrogens (tertiary/aromatic N) is 1. The molecular weight excluding hydrogens is 218 g/mol. The molecule has 2 unspecified atom stereocenters. The van der Waals surface area contributed by atoms with E-state index in [2.05, 4.69) is 0 Å². The molecule has 1 heterocycles. The lowest BCUT2D eigenvalue weighted by Crippen LogP contribution is -2.49. The van der Waals surface area contributed by atoms with Crippen molar-refractivity contribution in [2.24, 2.45) is 5.41 Å². The van der Waals surface area contributed by atoms with Crippen LogP contribution in [0.3, 0.4) is 0 Å².